The third-order valence-corrected chi connectivity index (χ3v) is 2.66. The zero-order valence-electron chi connectivity index (χ0n) is 11.8. The minimum atomic E-state index is -0.581. The highest BCUT2D eigenvalue weighted by Crippen LogP contribution is 2.12. The molecule has 1 aromatic carbocycles. The van der Waals surface area contributed by atoms with Crippen molar-refractivity contribution in [2.45, 2.75) is 6.92 Å². The van der Waals surface area contributed by atoms with Gasteiger partial charge in [-0.3, -0.25) is 4.79 Å². The van der Waals surface area contributed by atoms with Crippen LogP contribution in [0, 0.1) is 17.7 Å². The Hall–Kier alpha value is -1.90. The molecule has 2 N–H and O–H groups in total. The second-order valence-electron chi connectivity index (χ2n) is 4.12. The van der Waals surface area contributed by atoms with E-state index in [4.69, 9.17) is 10.5 Å². The topological polar surface area (TPSA) is 55.6 Å². The van der Waals surface area contributed by atoms with Crippen molar-refractivity contribution < 1.29 is 13.9 Å². The zero-order chi connectivity index (χ0) is 15.0. The van der Waals surface area contributed by atoms with Crippen LogP contribution < -0.4 is 5.73 Å². The number of nitrogens with zero attached hydrogens (tertiary/aromatic N) is 1. The summed E-state index contributed by atoms with van der Waals surface area (Å²) >= 11 is 0. The van der Waals surface area contributed by atoms with Gasteiger partial charge >= 0.3 is 0 Å². The van der Waals surface area contributed by atoms with Gasteiger partial charge in [-0.15, -0.1) is 0 Å². The molecule has 1 amide bonds. The summed E-state index contributed by atoms with van der Waals surface area (Å²) < 4.78 is 19.1. The van der Waals surface area contributed by atoms with Crippen LogP contribution in [-0.2, 0) is 4.74 Å². The number of halogens is 1. The number of benzene rings is 1. The number of carbonyl (C=O) groups is 1. The molecule has 0 atom stereocenters. The number of amides is 1. The Balaban J connectivity index is 2.78. The molecule has 0 unspecified atom stereocenters. The van der Waals surface area contributed by atoms with Crippen molar-refractivity contribution in [3.8, 4) is 11.8 Å². The van der Waals surface area contributed by atoms with E-state index in [0.29, 0.717) is 25.3 Å². The largest absolute Gasteiger partial charge is 0.380 e. The van der Waals surface area contributed by atoms with Gasteiger partial charge in [0.1, 0.15) is 5.82 Å². The van der Waals surface area contributed by atoms with E-state index in [1.807, 2.05) is 6.92 Å². The summed E-state index contributed by atoms with van der Waals surface area (Å²) in [6.07, 6.45) is 0. The summed E-state index contributed by atoms with van der Waals surface area (Å²) in [5.74, 6) is 4.40. The summed E-state index contributed by atoms with van der Waals surface area (Å²) in [5.41, 5.74) is 5.78. The van der Waals surface area contributed by atoms with Crippen LogP contribution in [0.1, 0.15) is 22.8 Å². The molecule has 4 nitrogen and oxygen atoms in total. The Morgan fingerprint density at radius 3 is 2.85 bits per heavy atom. The van der Waals surface area contributed by atoms with Crippen LogP contribution >= 0.6 is 0 Å². The Kier molecular flexibility index (Phi) is 6.71. The molecule has 0 bridgehead atoms. The molecule has 1 rings (SSSR count). The number of ether oxygens (including phenoxy) is 1. The van der Waals surface area contributed by atoms with Gasteiger partial charge in [0.25, 0.3) is 5.91 Å². The van der Waals surface area contributed by atoms with Gasteiger partial charge in [-0.25, -0.2) is 4.39 Å². The minimum absolute atomic E-state index is 0.0299. The molecular weight excluding hydrogens is 259 g/mol. The van der Waals surface area contributed by atoms with E-state index in [1.165, 1.54) is 17.0 Å². The van der Waals surface area contributed by atoms with Crippen LogP contribution in [0.4, 0.5) is 4.39 Å². The average molecular weight is 278 g/mol. The van der Waals surface area contributed by atoms with Crippen LogP contribution in [0.15, 0.2) is 18.2 Å². The van der Waals surface area contributed by atoms with Gasteiger partial charge in [-0.2, -0.15) is 0 Å². The lowest BCUT2D eigenvalue weighted by atomic mass is 10.1. The molecule has 0 radical (unpaired) electrons. The Bertz CT molecular complexity index is 520. The van der Waals surface area contributed by atoms with Crippen molar-refractivity contribution in [3.63, 3.8) is 0 Å². The van der Waals surface area contributed by atoms with Crippen LogP contribution in [0.3, 0.4) is 0 Å². The molecule has 0 aromatic heterocycles. The van der Waals surface area contributed by atoms with Crippen LogP contribution in [0.25, 0.3) is 0 Å². The molecule has 0 heterocycles. The Labute approximate surface area is 118 Å². The number of rotatable bonds is 5. The Morgan fingerprint density at radius 1 is 1.50 bits per heavy atom. The van der Waals surface area contributed by atoms with Crippen LogP contribution in [0.2, 0.25) is 0 Å². The fourth-order valence-corrected chi connectivity index (χ4v) is 1.57. The lowest BCUT2D eigenvalue weighted by molar-refractivity contribution is 0.0705. The van der Waals surface area contributed by atoms with E-state index in [1.54, 1.807) is 13.1 Å². The van der Waals surface area contributed by atoms with Crippen molar-refractivity contribution in [2.75, 3.05) is 33.4 Å². The molecule has 0 saturated heterocycles. The van der Waals surface area contributed by atoms with Crippen molar-refractivity contribution in [2.24, 2.45) is 5.73 Å². The quantitative estimate of drug-likeness (QED) is 0.651. The van der Waals surface area contributed by atoms with E-state index in [0.717, 1.165) is 0 Å². The third-order valence-electron chi connectivity index (χ3n) is 2.66. The average Bonchev–Trinajstić information content (AvgIpc) is 2.44. The van der Waals surface area contributed by atoms with Gasteiger partial charge in [0.15, 0.2) is 0 Å². The molecular formula is C15H19FN2O2. The first-order chi connectivity index (χ1) is 9.60. The second-order valence-corrected chi connectivity index (χ2v) is 4.12. The number of hydrogen-bond donors (Lipinski definition) is 1. The van der Waals surface area contributed by atoms with Gasteiger partial charge in [-0.05, 0) is 25.1 Å². The van der Waals surface area contributed by atoms with E-state index in [-0.39, 0.29) is 18.0 Å². The summed E-state index contributed by atoms with van der Waals surface area (Å²) in [6, 6.07) is 4.29. The van der Waals surface area contributed by atoms with Crippen molar-refractivity contribution in [1.82, 2.24) is 4.90 Å². The second kappa shape index (κ2) is 8.31. The Morgan fingerprint density at radius 2 is 2.25 bits per heavy atom. The number of carbonyl (C=O) groups excluding carboxylic acids is 1. The van der Waals surface area contributed by atoms with Crippen LogP contribution in [0.5, 0.6) is 0 Å². The van der Waals surface area contributed by atoms with Gasteiger partial charge in [0, 0.05) is 25.8 Å². The molecule has 0 fully saturated rings. The highest BCUT2D eigenvalue weighted by Gasteiger charge is 2.16. The number of hydrogen-bond acceptors (Lipinski definition) is 3. The summed E-state index contributed by atoms with van der Waals surface area (Å²) in [6.45, 7) is 3.53. The monoisotopic (exact) mass is 278 g/mol. The maximum atomic E-state index is 13.9. The third kappa shape index (κ3) is 4.65. The maximum Gasteiger partial charge on any atom is 0.256 e. The molecule has 0 aliphatic heterocycles. The van der Waals surface area contributed by atoms with Crippen molar-refractivity contribution in [1.29, 1.82) is 0 Å². The maximum absolute atomic E-state index is 13.9. The fourth-order valence-electron chi connectivity index (χ4n) is 1.57. The highest BCUT2D eigenvalue weighted by atomic mass is 19.1. The molecule has 0 aliphatic rings. The van der Waals surface area contributed by atoms with Gasteiger partial charge in [0.2, 0.25) is 0 Å². The van der Waals surface area contributed by atoms with Gasteiger partial charge in [-0.1, -0.05) is 11.8 Å². The van der Waals surface area contributed by atoms with E-state index < -0.39 is 5.82 Å². The normalized spacial score (nSPS) is 9.80. The predicted octanol–water partition coefficient (Wildman–Crippen LogP) is 1.24. The summed E-state index contributed by atoms with van der Waals surface area (Å²) in [4.78, 5) is 13.5. The minimum Gasteiger partial charge on any atom is -0.380 e. The first-order valence-corrected chi connectivity index (χ1v) is 6.41. The zero-order valence-corrected chi connectivity index (χ0v) is 11.8. The molecule has 0 aliphatic carbocycles. The molecule has 0 saturated carbocycles. The number of nitrogens with two attached hydrogens (primary N) is 1. The lowest BCUT2D eigenvalue weighted by Gasteiger charge is -2.17. The first-order valence-electron chi connectivity index (χ1n) is 6.41. The highest BCUT2D eigenvalue weighted by molar-refractivity contribution is 5.94. The van der Waals surface area contributed by atoms with Crippen molar-refractivity contribution in [3.05, 3.63) is 35.1 Å². The van der Waals surface area contributed by atoms with E-state index in [9.17, 15) is 9.18 Å². The molecule has 0 spiro atoms. The summed E-state index contributed by atoms with van der Waals surface area (Å²) in [5, 5.41) is 0. The molecule has 108 valence electrons. The van der Waals surface area contributed by atoms with Gasteiger partial charge in [0.05, 0.1) is 18.7 Å². The molecule has 1 aromatic rings. The first kappa shape index (κ1) is 16.2. The SMILES string of the molecule is CCOCCN(C)C(=O)c1ccc(C#CCN)cc1F. The fraction of sp³-hybridized carbons (Fsp3) is 0.400. The smallest absolute Gasteiger partial charge is 0.256 e. The standard InChI is InChI=1S/C15H19FN2O2/c1-3-20-10-9-18(2)15(19)13-7-6-12(5-4-8-17)11-14(13)16/h6-7,11H,3,8-10,17H2,1-2H3. The molecule has 5 heteroatoms. The van der Waals surface area contributed by atoms with Crippen molar-refractivity contribution >= 4 is 5.91 Å². The lowest BCUT2D eigenvalue weighted by Crippen LogP contribution is -2.30. The number of likely N-dealkylation sites (N-methyl/N-ethyl adjacent to an activating group) is 1. The van der Waals surface area contributed by atoms with E-state index in [2.05, 4.69) is 11.8 Å². The molecule has 20 heavy (non-hydrogen) atoms. The van der Waals surface area contributed by atoms with Crippen LogP contribution in [-0.4, -0.2) is 44.2 Å². The van der Waals surface area contributed by atoms with E-state index >= 15 is 0 Å². The van der Waals surface area contributed by atoms with Gasteiger partial charge < -0.3 is 15.4 Å². The summed E-state index contributed by atoms with van der Waals surface area (Å²) in [7, 11) is 1.61. The predicted molar refractivity (Wildman–Crippen MR) is 75.8 cm³/mol.